The van der Waals surface area contributed by atoms with Crippen molar-refractivity contribution < 1.29 is 4.79 Å². The van der Waals surface area contributed by atoms with E-state index >= 15 is 0 Å². The molecule has 1 fully saturated rings. The smallest absolute Gasteiger partial charge is 0.242 e. The van der Waals surface area contributed by atoms with E-state index in [1.807, 2.05) is 25.1 Å². The second-order valence-corrected chi connectivity index (χ2v) is 5.00. The van der Waals surface area contributed by atoms with Gasteiger partial charge in [-0.05, 0) is 40.5 Å². The number of halogens is 1. The van der Waals surface area contributed by atoms with E-state index in [1.165, 1.54) is 0 Å². The maximum atomic E-state index is 11.6. The highest BCUT2D eigenvalue weighted by molar-refractivity contribution is 9.10. The summed E-state index contributed by atoms with van der Waals surface area (Å²) in [6, 6.07) is 5.89. The van der Waals surface area contributed by atoms with E-state index in [0.29, 0.717) is 13.1 Å². The molecule has 1 heterocycles. The van der Waals surface area contributed by atoms with Crippen molar-refractivity contribution in [1.82, 2.24) is 5.32 Å². The predicted molar refractivity (Wildman–Crippen MR) is 71.9 cm³/mol. The van der Waals surface area contributed by atoms with E-state index in [2.05, 4.69) is 26.1 Å². The summed E-state index contributed by atoms with van der Waals surface area (Å²) in [5.74, 6) is 0.0750. The normalized spacial score (nSPS) is 20.3. The first-order valence-electron chi connectivity index (χ1n) is 5.66. The van der Waals surface area contributed by atoms with Crippen LogP contribution in [0.25, 0.3) is 0 Å². The fraction of sp³-hybridized carbons (Fsp3) is 0.417. The van der Waals surface area contributed by atoms with E-state index in [-0.39, 0.29) is 11.9 Å². The quantitative estimate of drug-likeness (QED) is 0.863. The summed E-state index contributed by atoms with van der Waals surface area (Å²) in [6.07, 6.45) is 0. The van der Waals surface area contributed by atoms with Crippen LogP contribution in [0.3, 0.4) is 0 Å². The van der Waals surface area contributed by atoms with Crippen LogP contribution < -0.4 is 16.0 Å². The lowest BCUT2D eigenvalue weighted by Crippen LogP contribution is -2.54. The first kappa shape index (κ1) is 12.4. The molecule has 1 aliphatic heterocycles. The van der Waals surface area contributed by atoms with E-state index in [4.69, 9.17) is 5.73 Å². The minimum atomic E-state index is -0.135. The van der Waals surface area contributed by atoms with E-state index in [9.17, 15) is 4.79 Å². The summed E-state index contributed by atoms with van der Waals surface area (Å²) in [7, 11) is 0. The molecule has 5 heteroatoms. The Labute approximate surface area is 109 Å². The minimum Gasteiger partial charge on any atom is -0.357 e. The molecule has 1 atom stereocenters. The SMILES string of the molecule is CC1C(=O)NCCN1c1ccc(CN)cc1Br. The van der Waals surface area contributed by atoms with E-state index in [0.717, 1.165) is 22.3 Å². The third kappa shape index (κ3) is 2.45. The number of benzene rings is 1. The molecule has 3 N–H and O–H groups in total. The zero-order valence-electron chi connectivity index (χ0n) is 9.74. The first-order chi connectivity index (χ1) is 8.13. The molecule has 1 aromatic carbocycles. The fourth-order valence-electron chi connectivity index (χ4n) is 2.02. The van der Waals surface area contributed by atoms with E-state index in [1.54, 1.807) is 0 Å². The first-order valence-corrected chi connectivity index (χ1v) is 6.45. The summed E-state index contributed by atoms with van der Waals surface area (Å²) in [5.41, 5.74) is 7.72. The van der Waals surface area contributed by atoms with Crippen molar-refractivity contribution in [3.63, 3.8) is 0 Å². The van der Waals surface area contributed by atoms with Gasteiger partial charge in [0.05, 0.1) is 5.69 Å². The predicted octanol–water partition coefficient (Wildman–Crippen LogP) is 1.23. The van der Waals surface area contributed by atoms with Crippen molar-refractivity contribution in [2.24, 2.45) is 5.73 Å². The maximum absolute atomic E-state index is 11.6. The molecule has 4 nitrogen and oxygen atoms in total. The highest BCUT2D eigenvalue weighted by Gasteiger charge is 2.26. The zero-order chi connectivity index (χ0) is 12.4. The topological polar surface area (TPSA) is 58.4 Å². The molecule has 0 bridgehead atoms. The molecule has 1 aliphatic rings. The second kappa shape index (κ2) is 5.06. The van der Waals surface area contributed by atoms with Crippen molar-refractivity contribution in [3.8, 4) is 0 Å². The summed E-state index contributed by atoms with van der Waals surface area (Å²) >= 11 is 3.54. The number of piperazine rings is 1. The Balaban J connectivity index is 2.30. The van der Waals surface area contributed by atoms with Gasteiger partial charge in [-0.1, -0.05) is 6.07 Å². The van der Waals surface area contributed by atoms with Crippen LogP contribution in [0.15, 0.2) is 22.7 Å². The van der Waals surface area contributed by atoms with Gasteiger partial charge in [0.2, 0.25) is 5.91 Å². The number of nitrogens with zero attached hydrogens (tertiary/aromatic N) is 1. The number of carbonyl (C=O) groups is 1. The van der Waals surface area contributed by atoms with Crippen LogP contribution in [-0.2, 0) is 11.3 Å². The van der Waals surface area contributed by atoms with Gasteiger partial charge >= 0.3 is 0 Å². The summed E-state index contributed by atoms with van der Waals surface area (Å²) in [5, 5.41) is 2.86. The van der Waals surface area contributed by atoms with Gasteiger partial charge in [0.15, 0.2) is 0 Å². The van der Waals surface area contributed by atoms with Gasteiger partial charge in [0.1, 0.15) is 6.04 Å². The summed E-state index contributed by atoms with van der Waals surface area (Å²) < 4.78 is 0.988. The van der Waals surface area contributed by atoms with Gasteiger partial charge < -0.3 is 16.0 Å². The Bertz CT molecular complexity index is 436. The lowest BCUT2D eigenvalue weighted by atomic mass is 10.1. The van der Waals surface area contributed by atoms with Gasteiger partial charge in [0.25, 0.3) is 0 Å². The van der Waals surface area contributed by atoms with Crippen LogP contribution in [0.5, 0.6) is 0 Å². The molecule has 1 unspecified atom stereocenters. The highest BCUT2D eigenvalue weighted by atomic mass is 79.9. The van der Waals surface area contributed by atoms with Gasteiger partial charge in [-0.3, -0.25) is 4.79 Å². The number of hydrogen-bond acceptors (Lipinski definition) is 3. The van der Waals surface area contributed by atoms with Crippen molar-refractivity contribution in [3.05, 3.63) is 28.2 Å². The van der Waals surface area contributed by atoms with Crippen molar-refractivity contribution in [1.29, 1.82) is 0 Å². The summed E-state index contributed by atoms with van der Waals surface area (Å²) in [4.78, 5) is 13.7. The van der Waals surface area contributed by atoms with Crippen LogP contribution in [-0.4, -0.2) is 25.0 Å². The van der Waals surface area contributed by atoms with Crippen LogP contribution in [0.1, 0.15) is 12.5 Å². The largest absolute Gasteiger partial charge is 0.357 e. The molecule has 0 radical (unpaired) electrons. The minimum absolute atomic E-state index is 0.0750. The molecule has 2 rings (SSSR count). The number of anilines is 1. The molecule has 0 aromatic heterocycles. The Morgan fingerprint density at radius 1 is 1.59 bits per heavy atom. The monoisotopic (exact) mass is 297 g/mol. The molecule has 1 amide bonds. The molecule has 1 aromatic rings. The third-order valence-electron chi connectivity index (χ3n) is 3.06. The number of nitrogens with one attached hydrogen (secondary N) is 1. The third-order valence-corrected chi connectivity index (χ3v) is 3.69. The van der Waals surface area contributed by atoms with Gasteiger partial charge in [-0.25, -0.2) is 0 Å². The lowest BCUT2D eigenvalue weighted by Gasteiger charge is -2.35. The molecule has 92 valence electrons. The number of hydrogen-bond donors (Lipinski definition) is 2. The lowest BCUT2D eigenvalue weighted by molar-refractivity contribution is -0.122. The standard InChI is InChI=1S/C12H16BrN3O/c1-8-12(17)15-4-5-16(8)11-3-2-9(7-14)6-10(11)13/h2-3,6,8H,4-5,7,14H2,1H3,(H,15,17). The van der Waals surface area contributed by atoms with Crippen LogP contribution in [0.2, 0.25) is 0 Å². The van der Waals surface area contributed by atoms with Gasteiger partial charge in [-0.15, -0.1) is 0 Å². The Morgan fingerprint density at radius 2 is 2.35 bits per heavy atom. The average molecular weight is 298 g/mol. The Kier molecular flexibility index (Phi) is 3.69. The summed E-state index contributed by atoms with van der Waals surface area (Å²) in [6.45, 7) is 3.95. The zero-order valence-corrected chi connectivity index (χ0v) is 11.3. The molecule has 1 saturated heterocycles. The van der Waals surface area contributed by atoms with E-state index < -0.39 is 0 Å². The van der Waals surface area contributed by atoms with Crippen molar-refractivity contribution >= 4 is 27.5 Å². The average Bonchev–Trinajstić information content (AvgIpc) is 2.33. The number of rotatable bonds is 2. The number of amides is 1. The Morgan fingerprint density at radius 3 is 3.00 bits per heavy atom. The Hall–Kier alpha value is -1.07. The van der Waals surface area contributed by atoms with Crippen molar-refractivity contribution in [2.45, 2.75) is 19.5 Å². The van der Waals surface area contributed by atoms with Crippen LogP contribution >= 0.6 is 15.9 Å². The molecule has 0 spiro atoms. The van der Waals surface area contributed by atoms with Gasteiger partial charge in [-0.2, -0.15) is 0 Å². The number of nitrogens with two attached hydrogens (primary N) is 1. The molecule has 0 aliphatic carbocycles. The fourth-order valence-corrected chi connectivity index (χ4v) is 2.68. The van der Waals surface area contributed by atoms with Gasteiger partial charge in [0, 0.05) is 24.1 Å². The maximum Gasteiger partial charge on any atom is 0.242 e. The second-order valence-electron chi connectivity index (χ2n) is 4.15. The van der Waals surface area contributed by atoms with Crippen molar-refractivity contribution in [2.75, 3.05) is 18.0 Å². The van der Waals surface area contributed by atoms with Crippen LogP contribution in [0.4, 0.5) is 5.69 Å². The van der Waals surface area contributed by atoms with Crippen LogP contribution in [0, 0.1) is 0 Å². The molecular formula is C12H16BrN3O. The molecular weight excluding hydrogens is 282 g/mol. The highest BCUT2D eigenvalue weighted by Crippen LogP contribution is 2.29. The number of carbonyl (C=O) groups excluding carboxylic acids is 1. The molecule has 0 saturated carbocycles. The molecule has 17 heavy (non-hydrogen) atoms.